The molecule has 78 valence electrons. The van der Waals surface area contributed by atoms with E-state index in [4.69, 9.17) is 10.9 Å². The number of halogens is 2. The third-order valence-corrected chi connectivity index (χ3v) is 2.59. The molecule has 3 nitrogen and oxygen atoms in total. The average Bonchev–Trinajstić information content (AvgIpc) is 2.21. The number of benzene rings is 1. The van der Waals surface area contributed by atoms with E-state index in [1.54, 1.807) is 0 Å². The molecule has 0 aliphatic heterocycles. The lowest BCUT2D eigenvalue weighted by atomic mass is 10.2. The summed E-state index contributed by atoms with van der Waals surface area (Å²) in [6.45, 7) is 3.12. The van der Waals surface area contributed by atoms with Crippen LogP contribution in [0.15, 0.2) is 18.2 Å². The molecule has 0 radical (unpaired) electrons. The Balaban J connectivity index is 2.60. The molecule has 0 aliphatic carbocycles. The van der Waals surface area contributed by atoms with E-state index >= 15 is 0 Å². The van der Waals surface area contributed by atoms with Crippen molar-refractivity contribution in [2.45, 2.75) is 6.92 Å². The van der Waals surface area contributed by atoms with Crippen LogP contribution >= 0.6 is 46.0 Å². The molecule has 0 bridgehead atoms. The summed E-state index contributed by atoms with van der Waals surface area (Å²) >= 11 is 3.70. The van der Waals surface area contributed by atoms with Crippen LogP contribution < -0.4 is 7.80 Å². The fourth-order valence-corrected chi connectivity index (χ4v) is 1.60. The van der Waals surface area contributed by atoms with Gasteiger partial charge in [-0.15, -0.1) is 0 Å². The minimum atomic E-state index is 0.548. The fraction of sp³-hybridized carbons (Fsp3) is 0.333. The van der Waals surface area contributed by atoms with E-state index in [-0.39, 0.29) is 0 Å². The minimum Gasteiger partial charge on any atom is -0.491 e. The smallest absolute Gasteiger partial charge is 0.192 e. The molecule has 0 aromatic heterocycles. The standard InChI is InChI=1S/C9H10I2O3/c1-7-2-3-8(6-9(7)14-11)12-4-5-13-10/h2-3,6H,4-5H2,1H3. The minimum absolute atomic E-state index is 0.548. The van der Waals surface area contributed by atoms with Crippen LogP contribution in [0.2, 0.25) is 0 Å². The first-order valence-electron chi connectivity index (χ1n) is 4.03. The van der Waals surface area contributed by atoms with E-state index in [9.17, 15) is 0 Å². The highest BCUT2D eigenvalue weighted by Gasteiger charge is 2.01. The molecule has 0 spiro atoms. The van der Waals surface area contributed by atoms with Crippen molar-refractivity contribution in [3.63, 3.8) is 0 Å². The third kappa shape index (κ3) is 3.77. The first-order chi connectivity index (χ1) is 6.77. The SMILES string of the molecule is Cc1ccc(OCCOI)cc1OI. The zero-order valence-corrected chi connectivity index (χ0v) is 11.9. The van der Waals surface area contributed by atoms with E-state index < -0.39 is 0 Å². The van der Waals surface area contributed by atoms with Crippen molar-refractivity contribution >= 4 is 46.0 Å². The van der Waals surface area contributed by atoms with Gasteiger partial charge in [0.25, 0.3) is 0 Å². The van der Waals surface area contributed by atoms with Crippen LogP contribution in [-0.2, 0) is 3.07 Å². The van der Waals surface area contributed by atoms with Gasteiger partial charge in [-0.05, 0) is 18.6 Å². The average molecular weight is 420 g/mol. The number of hydrogen-bond donors (Lipinski definition) is 0. The third-order valence-electron chi connectivity index (χ3n) is 1.67. The van der Waals surface area contributed by atoms with E-state index in [0.29, 0.717) is 13.2 Å². The Morgan fingerprint density at radius 3 is 2.64 bits per heavy atom. The summed E-state index contributed by atoms with van der Waals surface area (Å²) in [4.78, 5) is 0. The lowest BCUT2D eigenvalue weighted by Gasteiger charge is -2.07. The van der Waals surface area contributed by atoms with E-state index in [1.807, 2.05) is 71.1 Å². The van der Waals surface area contributed by atoms with Crippen molar-refractivity contribution in [2.24, 2.45) is 0 Å². The maximum Gasteiger partial charge on any atom is 0.192 e. The number of rotatable bonds is 5. The zero-order chi connectivity index (χ0) is 10.4. The van der Waals surface area contributed by atoms with Gasteiger partial charge in [0.05, 0.1) is 6.61 Å². The van der Waals surface area contributed by atoms with Gasteiger partial charge in [0.1, 0.15) is 41.1 Å². The van der Waals surface area contributed by atoms with Crippen molar-refractivity contribution in [1.29, 1.82) is 0 Å². The molecule has 0 aliphatic rings. The molecule has 1 rings (SSSR count). The van der Waals surface area contributed by atoms with Gasteiger partial charge in [-0.3, -0.25) is 0 Å². The Hall–Kier alpha value is 0.240. The van der Waals surface area contributed by atoms with Crippen molar-refractivity contribution < 1.29 is 10.9 Å². The second-order valence-corrected chi connectivity index (χ2v) is 3.73. The van der Waals surface area contributed by atoms with Crippen LogP contribution in [0.25, 0.3) is 0 Å². The second-order valence-electron chi connectivity index (χ2n) is 2.67. The largest absolute Gasteiger partial charge is 0.491 e. The predicted molar refractivity (Wildman–Crippen MR) is 71.3 cm³/mol. The number of aryl methyl sites for hydroxylation is 1. The molecule has 0 atom stereocenters. The van der Waals surface area contributed by atoms with Gasteiger partial charge in [-0.25, -0.2) is 0 Å². The van der Waals surface area contributed by atoms with Crippen LogP contribution in [0.1, 0.15) is 5.56 Å². The molecule has 0 saturated carbocycles. The Kier molecular flexibility index (Phi) is 5.87. The van der Waals surface area contributed by atoms with Gasteiger partial charge in [0.2, 0.25) is 0 Å². The topological polar surface area (TPSA) is 27.7 Å². The Morgan fingerprint density at radius 1 is 1.21 bits per heavy atom. The molecular formula is C9H10I2O3. The molecule has 0 saturated heterocycles. The van der Waals surface area contributed by atoms with Crippen LogP contribution in [0, 0.1) is 6.92 Å². The lowest BCUT2D eigenvalue weighted by molar-refractivity contribution is 0.256. The highest BCUT2D eigenvalue weighted by Crippen LogP contribution is 2.25. The summed E-state index contributed by atoms with van der Waals surface area (Å²) in [5.41, 5.74) is 1.09. The first kappa shape index (κ1) is 12.3. The normalized spacial score (nSPS) is 9.93. The van der Waals surface area contributed by atoms with Crippen LogP contribution in [0.4, 0.5) is 0 Å². The molecule has 0 unspecified atom stereocenters. The molecule has 0 fully saturated rings. The van der Waals surface area contributed by atoms with Crippen LogP contribution in [0.5, 0.6) is 11.5 Å². The highest BCUT2D eigenvalue weighted by atomic mass is 127. The van der Waals surface area contributed by atoms with Gasteiger partial charge in [-0.1, -0.05) is 6.07 Å². The molecule has 1 aromatic carbocycles. The molecule has 0 amide bonds. The number of ether oxygens (including phenoxy) is 1. The Morgan fingerprint density at radius 2 is 2.00 bits per heavy atom. The molecule has 1 aromatic rings. The van der Waals surface area contributed by atoms with E-state index in [2.05, 4.69) is 0 Å². The van der Waals surface area contributed by atoms with Crippen molar-refractivity contribution in [2.75, 3.05) is 13.2 Å². The molecule has 14 heavy (non-hydrogen) atoms. The Bertz CT molecular complexity index is 291. The van der Waals surface area contributed by atoms with Gasteiger partial charge in [0, 0.05) is 6.07 Å². The van der Waals surface area contributed by atoms with Gasteiger partial charge in [0.15, 0.2) is 23.0 Å². The second kappa shape index (κ2) is 6.67. The van der Waals surface area contributed by atoms with Crippen LogP contribution in [0.3, 0.4) is 0 Å². The van der Waals surface area contributed by atoms with E-state index in [0.717, 1.165) is 17.1 Å². The van der Waals surface area contributed by atoms with Crippen LogP contribution in [-0.4, -0.2) is 13.2 Å². The zero-order valence-electron chi connectivity index (χ0n) is 7.63. The molecular weight excluding hydrogens is 410 g/mol. The van der Waals surface area contributed by atoms with Crippen molar-refractivity contribution in [3.8, 4) is 11.5 Å². The maximum atomic E-state index is 5.43. The summed E-state index contributed by atoms with van der Waals surface area (Å²) in [6, 6.07) is 5.75. The summed E-state index contributed by atoms with van der Waals surface area (Å²) in [5, 5.41) is 0. The summed E-state index contributed by atoms with van der Waals surface area (Å²) < 4.78 is 15.4. The molecule has 0 heterocycles. The monoisotopic (exact) mass is 420 g/mol. The molecule has 0 N–H and O–H groups in total. The first-order valence-corrected chi connectivity index (χ1v) is 5.79. The molecule has 5 heteroatoms. The number of hydrogen-bond acceptors (Lipinski definition) is 3. The van der Waals surface area contributed by atoms with Gasteiger partial charge < -0.3 is 10.9 Å². The lowest BCUT2D eigenvalue weighted by Crippen LogP contribution is -2.02. The summed E-state index contributed by atoms with van der Waals surface area (Å²) in [7, 11) is 0. The fourth-order valence-electron chi connectivity index (χ4n) is 0.944. The summed E-state index contributed by atoms with van der Waals surface area (Å²) in [6.07, 6.45) is 0. The van der Waals surface area contributed by atoms with Gasteiger partial charge >= 0.3 is 0 Å². The Labute approximate surface area is 111 Å². The highest BCUT2D eigenvalue weighted by molar-refractivity contribution is 14.1. The maximum absolute atomic E-state index is 5.43. The van der Waals surface area contributed by atoms with E-state index in [1.165, 1.54) is 0 Å². The van der Waals surface area contributed by atoms with Crippen molar-refractivity contribution in [3.05, 3.63) is 23.8 Å². The quantitative estimate of drug-likeness (QED) is 0.540. The predicted octanol–water partition coefficient (Wildman–Crippen LogP) is 3.47. The summed E-state index contributed by atoms with van der Waals surface area (Å²) in [5.74, 6) is 1.63. The van der Waals surface area contributed by atoms with Crippen molar-refractivity contribution in [1.82, 2.24) is 0 Å². The van der Waals surface area contributed by atoms with Gasteiger partial charge in [-0.2, -0.15) is 0 Å².